The van der Waals surface area contributed by atoms with Gasteiger partial charge in [0.2, 0.25) is 15.9 Å². The molecule has 1 aromatic heterocycles. The fraction of sp³-hybridized carbons (Fsp3) is 0.273. The molecule has 0 fully saturated rings. The van der Waals surface area contributed by atoms with Gasteiger partial charge in [0, 0.05) is 28.8 Å². The minimum absolute atomic E-state index is 0.0175. The summed E-state index contributed by atoms with van der Waals surface area (Å²) in [5.74, 6) is -0.0123. The molecule has 0 saturated carbocycles. The van der Waals surface area contributed by atoms with E-state index in [4.69, 9.17) is 4.42 Å². The van der Waals surface area contributed by atoms with Gasteiger partial charge in [-0.2, -0.15) is 0 Å². The van der Waals surface area contributed by atoms with E-state index in [-0.39, 0.29) is 11.5 Å². The molecule has 2 N–H and O–H groups in total. The van der Waals surface area contributed by atoms with Gasteiger partial charge in [-0.1, -0.05) is 13.8 Å². The van der Waals surface area contributed by atoms with E-state index < -0.39 is 32.7 Å². The summed E-state index contributed by atoms with van der Waals surface area (Å²) in [5, 5.41) is 2.67. The smallest absolute Gasteiger partial charge is 0.255 e. The van der Waals surface area contributed by atoms with Crippen molar-refractivity contribution in [3.8, 4) is 11.5 Å². The molecule has 0 aliphatic heterocycles. The first kappa shape index (κ1) is 22.6. The predicted molar refractivity (Wildman–Crippen MR) is 116 cm³/mol. The number of aromatic nitrogens is 1. The van der Waals surface area contributed by atoms with Gasteiger partial charge in [-0.05, 0) is 56.3 Å². The maximum atomic E-state index is 14.1. The van der Waals surface area contributed by atoms with E-state index in [1.54, 1.807) is 44.3 Å². The second-order valence-corrected chi connectivity index (χ2v) is 9.36. The molecule has 0 aliphatic carbocycles. The van der Waals surface area contributed by atoms with Gasteiger partial charge in [-0.3, -0.25) is 4.79 Å². The standard InChI is InChI=1S/C22H24FN3O4S/c1-13(2)19-12-24-22(30-19)15-5-8-17(9-6-15)25-21(27)16-7-10-18(23)20(11-16)31(28,29)26-14(3)4/h5-14,26H,1-4H3,(H,25,27). The molecular weight excluding hydrogens is 421 g/mol. The summed E-state index contributed by atoms with van der Waals surface area (Å²) in [7, 11) is -4.08. The third kappa shape index (κ3) is 5.36. The third-order valence-corrected chi connectivity index (χ3v) is 6.03. The number of nitrogens with zero attached hydrogens (tertiary/aromatic N) is 1. The van der Waals surface area contributed by atoms with Crippen LogP contribution < -0.4 is 10.0 Å². The number of hydrogen-bond donors (Lipinski definition) is 2. The zero-order valence-electron chi connectivity index (χ0n) is 17.6. The number of sulfonamides is 1. The molecule has 1 heterocycles. The highest BCUT2D eigenvalue weighted by Crippen LogP contribution is 2.25. The normalized spacial score (nSPS) is 11.8. The van der Waals surface area contributed by atoms with Crippen molar-refractivity contribution >= 4 is 21.6 Å². The molecule has 3 aromatic rings. The number of anilines is 1. The second kappa shape index (κ2) is 8.99. The first-order valence-corrected chi connectivity index (χ1v) is 11.2. The minimum Gasteiger partial charge on any atom is -0.441 e. The number of hydrogen-bond acceptors (Lipinski definition) is 5. The van der Waals surface area contributed by atoms with Crippen LogP contribution >= 0.6 is 0 Å². The van der Waals surface area contributed by atoms with Crippen LogP contribution in [0.2, 0.25) is 0 Å². The van der Waals surface area contributed by atoms with Gasteiger partial charge in [-0.15, -0.1) is 0 Å². The van der Waals surface area contributed by atoms with Crippen molar-refractivity contribution in [2.24, 2.45) is 0 Å². The van der Waals surface area contributed by atoms with Crippen LogP contribution in [-0.2, 0) is 10.0 Å². The molecule has 0 unspecified atom stereocenters. The summed E-state index contributed by atoms with van der Waals surface area (Å²) in [4.78, 5) is 16.3. The Labute approximate surface area is 180 Å². The molecule has 2 aromatic carbocycles. The van der Waals surface area contributed by atoms with Gasteiger partial charge in [0.1, 0.15) is 16.5 Å². The van der Waals surface area contributed by atoms with E-state index in [1.165, 1.54) is 6.07 Å². The Morgan fingerprint density at radius 1 is 1.06 bits per heavy atom. The Bertz CT molecular complexity index is 1190. The average Bonchev–Trinajstić information content (AvgIpc) is 3.18. The number of oxazole rings is 1. The topological polar surface area (TPSA) is 101 Å². The Morgan fingerprint density at radius 3 is 2.32 bits per heavy atom. The molecule has 164 valence electrons. The summed E-state index contributed by atoms with van der Waals surface area (Å²) in [5.41, 5.74) is 1.25. The van der Waals surface area contributed by atoms with Crippen molar-refractivity contribution in [3.05, 3.63) is 65.8 Å². The molecule has 1 amide bonds. The summed E-state index contributed by atoms with van der Waals surface area (Å²) in [6, 6.07) is 9.64. The van der Waals surface area contributed by atoms with E-state index >= 15 is 0 Å². The summed E-state index contributed by atoms with van der Waals surface area (Å²) >= 11 is 0. The molecule has 7 nitrogen and oxygen atoms in total. The molecular formula is C22H24FN3O4S. The van der Waals surface area contributed by atoms with Crippen molar-refractivity contribution in [3.63, 3.8) is 0 Å². The van der Waals surface area contributed by atoms with E-state index in [9.17, 15) is 17.6 Å². The molecule has 3 rings (SSSR count). The maximum Gasteiger partial charge on any atom is 0.255 e. The average molecular weight is 446 g/mol. The maximum absolute atomic E-state index is 14.1. The summed E-state index contributed by atoms with van der Waals surface area (Å²) in [6.07, 6.45) is 1.68. The monoisotopic (exact) mass is 445 g/mol. The molecule has 0 radical (unpaired) electrons. The van der Waals surface area contributed by atoms with E-state index in [1.807, 2.05) is 13.8 Å². The third-order valence-electron chi connectivity index (χ3n) is 4.36. The van der Waals surface area contributed by atoms with Crippen LogP contribution in [0.4, 0.5) is 10.1 Å². The van der Waals surface area contributed by atoms with Crippen molar-refractivity contribution in [1.82, 2.24) is 9.71 Å². The fourth-order valence-electron chi connectivity index (χ4n) is 2.81. The Kier molecular flexibility index (Phi) is 6.56. The van der Waals surface area contributed by atoms with Crippen LogP contribution in [0.25, 0.3) is 11.5 Å². The summed E-state index contributed by atoms with van der Waals surface area (Å²) < 4.78 is 46.7. The molecule has 0 aliphatic rings. The van der Waals surface area contributed by atoms with E-state index in [0.29, 0.717) is 11.6 Å². The van der Waals surface area contributed by atoms with Gasteiger partial charge in [-0.25, -0.2) is 22.5 Å². The molecule has 0 saturated heterocycles. The first-order valence-electron chi connectivity index (χ1n) is 9.76. The molecule has 9 heteroatoms. The fourth-order valence-corrected chi connectivity index (χ4v) is 4.17. The lowest BCUT2D eigenvalue weighted by molar-refractivity contribution is 0.102. The highest BCUT2D eigenvalue weighted by atomic mass is 32.2. The molecule has 0 spiro atoms. The summed E-state index contributed by atoms with van der Waals surface area (Å²) in [6.45, 7) is 7.26. The van der Waals surface area contributed by atoms with Gasteiger partial charge in [0.25, 0.3) is 5.91 Å². The number of rotatable bonds is 7. The number of halogens is 1. The lowest BCUT2D eigenvalue weighted by Gasteiger charge is -2.12. The number of nitrogens with one attached hydrogen (secondary N) is 2. The van der Waals surface area contributed by atoms with Crippen molar-refractivity contribution in [1.29, 1.82) is 0 Å². The van der Waals surface area contributed by atoms with Crippen LogP contribution in [0.1, 0.15) is 49.7 Å². The van der Waals surface area contributed by atoms with Crippen LogP contribution in [0.15, 0.2) is 58.0 Å². The van der Waals surface area contributed by atoms with Crippen LogP contribution in [0.5, 0.6) is 0 Å². The largest absolute Gasteiger partial charge is 0.441 e. The number of benzene rings is 2. The molecule has 0 bridgehead atoms. The zero-order valence-corrected chi connectivity index (χ0v) is 18.5. The second-order valence-electron chi connectivity index (χ2n) is 7.68. The highest BCUT2D eigenvalue weighted by Gasteiger charge is 2.22. The number of carbonyl (C=O) groups excluding carboxylic acids is 1. The van der Waals surface area contributed by atoms with Gasteiger partial charge < -0.3 is 9.73 Å². The molecule has 0 atom stereocenters. The van der Waals surface area contributed by atoms with Crippen molar-refractivity contribution in [2.75, 3.05) is 5.32 Å². The van der Waals surface area contributed by atoms with Gasteiger partial charge in [0.05, 0.1) is 6.20 Å². The van der Waals surface area contributed by atoms with Crippen LogP contribution in [0, 0.1) is 5.82 Å². The first-order chi connectivity index (χ1) is 14.6. The molecule has 31 heavy (non-hydrogen) atoms. The lowest BCUT2D eigenvalue weighted by Crippen LogP contribution is -2.31. The lowest BCUT2D eigenvalue weighted by atomic mass is 10.1. The minimum atomic E-state index is -4.08. The van der Waals surface area contributed by atoms with Crippen LogP contribution in [0.3, 0.4) is 0 Å². The van der Waals surface area contributed by atoms with Gasteiger partial charge >= 0.3 is 0 Å². The Balaban J connectivity index is 1.78. The Hall–Kier alpha value is -3.04. The van der Waals surface area contributed by atoms with Crippen molar-refractivity contribution < 1.29 is 22.0 Å². The Morgan fingerprint density at radius 2 is 1.74 bits per heavy atom. The quantitative estimate of drug-likeness (QED) is 0.556. The van der Waals surface area contributed by atoms with E-state index in [2.05, 4.69) is 15.0 Å². The number of amides is 1. The van der Waals surface area contributed by atoms with E-state index in [0.717, 1.165) is 23.5 Å². The zero-order chi connectivity index (χ0) is 22.8. The number of carbonyl (C=O) groups is 1. The highest BCUT2D eigenvalue weighted by molar-refractivity contribution is 7.89. The van der Waals surface area contributed by atoms with Gasteiger partial charge in [0.15, 0.2) is 0 Å². The van der Waals surface area contributed by atoms with Crippen molar-refractivity contribution in [2.45, 2.75) is 44.6 Å². The van der Waals surface area contributed by atoms with Crippen LogP contribution in [-0.4, -0.2) is 25.4 Å². The SMILES string of the molecule is CC(C)NS(=O)(=O)c1cc(C(=O)Nc2ccc(-c3ncc(C(C)C)o3)cc2)ccc1F. The predicted octanol–water partition coefficient (Wildman–Crippen LogP) is 4.54.